The molecule has 2 N–H and O–H groups in total. The van der Waals surface area contributed by atoms with Crippen molar-refractivity contribution >= 4 is 23.3 Å². The highest BCUT2D eigenvalue weighted by molar-refractivity contribution is 7.80. The Labute approximate surface area is 171 Å². The molecule has 0 spiro atoms. The van der Waals surface area contributed by atoms with Crippen LogP contribution in [0.1, 0.15) is 51.1 Å². The van der Waals surface area contributed by atoms with Gasteiger partial charge in [0.05, 0.1) is 25.8 Å². The molecular formula is C21H28N2O4S. The Morgan fingerprint density at radius 3 is 2.68 bits per heavy atom. The zero-order valence-electron chi connectivity index (χ0n) is 16.8. The molecule has 152 valence electrons. The minimum Gasteiger partial charge on any atom is -0.497 e. The second-order valence-electron chi connectivity index (χ2n) is 7.48. The Hall–Kier alpha value is -2.28. The van der Waals surface area contributed by atoms with E-state index in [1.54, 1.807) is 14.2 Å². The van der Waals surface area contributed by atoms with Crippen LogP contribution in [-0.2, 0) is 9.53 Å². The first-order valence-corrected chi connectivity index (χ1v) is 10.0. The van der Waals surface area contributed by atoms with Crippen molar-refractivity contribution in [2.75, 3.05) is 14.2 Å². The number of carbonyl (C=O) groups excluding carboxylic acids is 1. The van der Waals surface area contributed by atoms with Gasteiger partial charge in [-0.1, -0.05) is 13.3 Å². The van der Waals surface area contributed by atoms with Gasteiger partial charge >= 0.3 is 5.97 Å². The van der Waals surface area contributed by atoms with Crippen molar-refractivity contribution < 1.29 is 19.0 Å². The van der Waals surface area contributed by atoms with Crippen molar-refractivity contribution in [2.45, 2.75) is 51.7 Å². The SMILES string of the molecule is COc1ccc(OC)c([C@H]2NC(=S)NC(C)=C2C(=O)O[C@H]2CCC[C@@H](C)C2)c1. The predicted octanol–water partition coefficient (Wildman–Crippen LogP) is 3.62. The maximum absolute atomic E-state index is 13.2. The van der Waals surface area contributed by atoms with Gasteiger partial charge in [0.15, 0.2) is 5.11 Å². The van der Waals surface area contributed by atoms with Gasteiger partial charge in [0.25, 0.3) is 0 Å². The standard InChI is InChI=1S/C21H28N2O4S/c1-12-6-5-7-15(10-12)27-20(24)18-13(2)22-21(28)23-19(18)16-11-14(25-3)8-9-17(16)26-4/h8-9,11-12,15,19H,5-7,10H2,1-4H3,(H2,22,23,28)/t12-,15+,19-/m1/s1. The molecule has 0 bridgehead atoms. The molecule has 6 nitrogen and oxygen atoms in total. The Kier molecular flexibility index (Phi) is 6.44. The second-order valence-corrected chi connectivity index (χ2v) is 7.89. The van der Waals surface area contributed by atoms with Gasteiger partial charge < -0.3 is 24.8 Å². The minimum atomic E-state index is -0.479. The number of esters is 1. The number of rotatable bonds is 5. The lowest BCUT2D eigenvalue weighted by atomic mass is 9.88. The summed E-state index contributed by atoms with van der Waals surface area (Å²) in [5.41, 5.74) is 1.97. The summed E-state index contributed by atoms with van der Waals surface area (Å²) < 4.78 is 16.8. The number of carbonyl (C=O) groups is 1. The van der Waals surface area contributed by atoms with Crippen LogP contribution in [0.15, 0.2) is 29.5 Å². The van der Waals surface area contributed by atoms with Crippen LogP contribution in [0.3, 0.4) is 0 Å². The van der Waals surface area contributed by atoms with Crippen molar-refractivity contribution in [2.24, 2.45) is 5.92 Å². The van der Waals surface area contributed by atoms with Gasteiger partial charge in [0.2, 0.25) is 0 Å². The number of methoxy groups -OCH3 is 2. The van der Waals surface area contributed by atoms with Gasteiger partial charge in [0.1, 0.15) is 17.6 Å². The number of benzene rings is 1. The van der Waals surface area contributed by atoms with E-state index in [0.717, 1.165) is 24.8 Å². The summed E-state index contributed by atoms with van der Waals surface area (Å²) in [7, 11) is 3.20. The van der Waals surface area contributed by atoms with E-state index in [2.05, 4.69) is 17.6 Å². The van der Waals surface area contributed by atoms with Crippen LogP contribution < -0.4 is 20.1 Å². The van der Waals surface area contributed by atoms with E-state index in [0.29, 0.717) is 33.8 Å². The minimum absolute atomic E-state index is 0.0433. The van der Waals surface area contributed by atoms with Crippen LogP contribution in [-0.4, -0.2) is 31.4 Å². The molecular weight excluding hydrogens is 376 g/mol. The van der Waals surface area contributed by atoms with Crippen molar-refractivity contribution in [1.29, 1.82) is 0 Å². The number of ether oxygens (including phenoxy) is 3. The van der Waals surface area contributed by atoms with E-state index >= 15 is 0 Å². The second kappa shape index (κ2) is 8.82. The Morgan fingerprint density at radius 1 is 1.21 bits per heavy atom. The third-order valence-electron chi connectivity index (χ3n) is 5.40. The predicted molar refractivity (Wildman–Crippen MR) is 111 cm³/mol. The summed E-state index contributed by atoms with van der Waals surface area (Å²) in [4.78, 5) is 13.2. The molecule has 0 saturated heterocycles. The van der Waals surface area contributed by atoms with Gasteiger partial charge in [0, 0.05) is 11.3 Å². The van der Waals surface area contributed by atoms with Gasteiger partial charge in [-0.15, -0.1) is 0 Å². The Morgan fingerprint density at radius 2 is 2.00 bits per heavy atom. The Balaban J connectivity index is 1.94. The molecule has 1 heterocycles. The lowest BCUT2D eigenvalue weighted by Crippen LogP contribution is -2.45. The van der Waals surface area contributed by atoms with Crippen LogP contribution in [0, 0.1) is 5.92 Å². The highest BCUT2D eigenvalue weighted by atomic mass is 32.1. The summed E-state index contributed by atoms with van der Waals surface area (Å²) in [5.74, 6) is 1.57. The average molecular weight is 405 g/mol. The molecule has 1 aliphatic carbocycles. The molecule has 0 radical (unpaired) electrons. The van der Waals surface area contributed by atoms with E-state index in [1.807, 2.05) is 25.1 Å². The zero-order valence-corrected chi connectivity index (χ0v) is 17.7. The summed E-state index contributed by atoms with van der Waals surface area (Å²) in [6.45, 7) is 4.05. The number of hydrogen-bond donors (Lipinski definition) is 2. The van der Waals surface area contributed by atoms with E-state index < -0.39 is 6.04 Å². The molecule has 3 atom stereocenters. The Bertz CT molecular complexity index is 793. The molecule has 1 fully saturated rings. The molecule has 0 aromatic heterocycles. The first-order chi connectivity index (χ1) is 13.4. The maximum atomic E-state index is 13.2. The van der Waals surface area contributed by atoms with E-state index in [1.165, 1.54) is 6.42 Å². The maximum Gasteiger partial charge on any atom is 0.338 e. The van der Waals surface area contributed by atoms with Crippen LogP contribution in [0.4, 0.5) is 0 Å². The molecule has 1 aromatic carbocycles. The molecule has 1 saturated carbocycles. The molecule has 0 amide bonds. The van der Waals surface area contributed by atoms with Gasteiger partial charge in [-0.05, 0) is 62.5 Å². The third kappa shape index (κ3) is 4.41. The van der Waals surface area contributed by atoms with Crippen LogP contribution in [0.2, 0.25) is 0 Å². The molecule has 0 unspecified atom stereocenters. The van der Waals surface area contributed by atoms with Gasteiger partial charge in [-0.25, -0.2) is 4.79 Å². The lowest BCUT2D eigenvalue weighted by molar-refractivity contribution is -0.146. The summed E-state index contributed by atoms with van der Waals surface area (Å²) >= 11 is 5.34. The number of allylic oxidation sites excluding steroid dienone is 1. The third-order valence-corrected chi connectivity index (χ3v) is 5.62. The molecule has 3 rings (SSSR count). The quantitative estimate of drug-likeness (QED) is 0.574. The average Bonchev–Trinajstić information content (AvgIpc) is 2.66. The van der Waals surface area contributed by atoms with E-state index in [-0.39, 0.29) is 12.1 Å². The van der Waals surface area contributed by atoms with Crippen molar-refractivity contribution in [3.05, 3.63) is 35.0 Å². The van der Waals surface area contributed by atoms with Crippen molar-refractivity contribution in [3.8, 4) is 11.5 Å². The fourth-order valence-electron chi connectivity index (χ4n) is 3.96. The number of thiocarbonyl (C=S) groups is 1. The van der Waals surface area contributed by atoms with Crippen LogP contribution >= 0.6 is 12.2 Å². The van der Waals surface area contributed by atoms with Gasteiger partial charge in [-0.3, -0.25) is 0 Å². The monoisotopic (exact) mass is 404 g/mol. The van der Waals surface area contributed by atoms with Crippen molar-refractivity contribution in [3.63, 3.8) is 0 Å². The fraction of sp³-hybridized carbons (Fsp3) is 0.524. The van der Waals surface area contributed by atoms with Crippen LogP contribution in [0.25, 0.3) is 0 Å². The largest absolute Gasteiger partial charge is 0.497 e. The number of hydrogen-bond acceptors (Lipinski definition) is 5. The van der Waals surface area contributed by atoms with Crippen molar-refractivity contribution in [1.82, 2.24) is 10.6 Å². The van der Waals surface area contributed by atoms with E-state index in [4.69, 9.17) is 26.4 Å². The molecule has 1 aromatic rings. The first kappa shape index (κ1) is 20.5. The normalized spacial score (nSPS) is 24.9. The summed E-state index contributed by atoms with van der Waals surface area (Å²) in [6, 6.07) is 5.02. The first-order valence-electron chi connectivity index (χ1n) is 9.64. The molecule has 7 heteroatoms. The zero-order chi connectivity index (χ0) is 20.3. The van der Waals surface area contributed by atoms with Gasteiger partial charge in [-0.2, -0.15) is 0 Å². The molecule has 28 heavy (non-hydrogen) atoms. The summed E-state index contributed by atoms with van der Waals surface area (Å²) in [5, 5.41) is 6.70. The summed E-state index contributed by atoms with van der Waals surface area (Å²) in [6.07, 6.45) is 4.05. The topological polar surface area (TPSA) is 68.8 Å². The lowest BCUT2D eigenvalue weighted by Gasteiger charge is -2.32. The fourth-order valence-corrected chi connectivity index (χ4v) is 4.23. The highest BCUT2D eigenvalue weighted by Crippen LogP contribution is 2.36. The smallest absolute Gasteiger partial charge is 0.338 e. The molecule has 2 aliphatic rings. The van der Waals surface area contributed by atoms with E-state index in [9.17, 15) is 4.79 Å². The number of nitrogens with one attached hydrogen (secondary N) is 2. The molecule has 1 aliphatic heterocycles. The highest BCUT2D eigenvalue weighted by Gasteiger charge is 2.34. The van der Waals surface area contributed by atoms with Crippen LogP contribution in [0.5, 0.6) is 11.5 Å².